The van der Waals surface area contributed by atoms with Crippen LogP contribution in [0.2, 0.25) is 0 Å². The van der Waals surface area contributed by atoms with Gasteiger partial charge in [0, 0.05) is 37.8 Å². The SMILES string of the molecule is CNCc1ccc(CN2CCN(c3nccs3)CC2)o1. The maximum Gasteiger partial charge on any atom is 0.185 e. The van der Waals surface area contributed by atoms with E-state index in [0.717, 1.165) is 55.9 Å². The maximum atomic E-state index is 5.80. The zero-order valence-corrected chi connectivity index (χ0v) is 12.5. The normalized spacial score (nSPS) is 16.8. The number of rotatable bonds is 5. The van der Waals surface area contributed by atoms with Crippen molar-refractivity contribution in [3.05, 3.63) is 35.2 Å². The molecule has 108 valence electrons. The molecule has 3 heterocycles. The fourth-order valence-electron chi connectivity index (χ4n) is 2.47. The Hall–Kier alpha value is -1.37. The summed E-state index contributed by atoms with van der Waals surface area (Å²) in [5.74, 6) is 2.06. The number of anilines is 1. The lowest BCUT2D eigenvalue weighted by Gasteiger charge is -2.34. The monoisotopic (exact) mass is 292 g/mol. The molecule has 0 saturated carbocycles. The van der Waals surface area contributed by atoms with E-state index in [-0.39, 0.29) is 0 Å². The topological polar surface area (TPSA) is 44.5 Å². The lowest BCUT2D eigenvalue weighted by molar-refractivity contribution is 0.228. The van der Waals surface area contributed by atoms with Gasteiger partial charge in [-0.2, -0.15) is 0 Å². The van der Waals surface area contributed by atoms with Crippen LogP contribution in [0.4, 0.5) is 5.13 Å². The minimum Gasteiger partial charge on any atom is -0.463 e. The number of nitrogens with zero attached hydrogens (tertiary/aromatic N) is 3. The standard InChI is InChI=1S/C14H20N4OS/c1-15-10-12-2-3-13(19-12)11-17-5-7-18(8-6-17)14-16-4-9-20-14/h2-4,9,15H,5-8,10-11H2,1H3. The zero-order chi connectivity index (χ0) is 13.8. The van der Waals surface area contributed by atoms with E-state index in [1.165, 1.54) is 0 Å². The number of aromatic nitrogens is 1. The van der Waals surface area contributed by atoms with Gasteiger partial charge in [0.15, 0.2) is 5.13 Å². The van der Waals surface area contributed by atoms with E-state index >= 15 is 0 Å². The summed E-state index contributed by atoms with van der Waals surface area (Å²) in [7, 11) is 1.93. The molecule has 1 aliphatic heterocycles. The van der Waals surface area contributed by atoms with E-state index in [0.29, 0.717) is 0 Å². The molecule has 0 spiro atoms. The summed E-state index contributed by atoms with van der Waals surface area (Å²) in [6.07, 6.45) is 1.87. The third-order valence-corrected chi connectivity index (χ3v) is 4.34. The Bertz CT molecular complexity index is 517. The van der Waals surface area contributed by atoms with Crippen molar-refractivity contribution in [2.75, 3.05) is 38.1 Å². The molecule has 0 aromatic carbocycles. The Morgan fingerprint density at radius 3 is 2.75 bits per heavy atom. The van der Waals surface area contributed by atoms with Crippen LogP contribution in [0.5, 0.6) is 0 Å². The molecule has 0 amide bonds. The highest BCUT2D eigenvalue weighted by Gasteiger charge is 2.19. The molecule has 5 nitrogen and oxygen atoms in total. The third-order valence-electron chi connectivity index (χ3n) is 3.51. The molecule has 1 fully saturated rings. The summed E-state index contributed by atoms with van der Waals surface area (Å²) in [5.41, 5.74) is 0. The summed E-state index contributed by atoms with van der Waals surface area (Å²) >= 11 is 1.71. The van der Waals surface area contributed by atoms with Gasteiger partial charge < -0.3 is 14.6 Å². The first kappa shape index (κ1) is 13.6. The van der Waals surface area contributed by atoms with E-state index in [1.54, 1.807) is 11.3 Å². The van der Waals surface area contributed by atoms with Crippen molar-refractivity contribution in [1.29, 1.82) is 0 Å². The van der Waals surface area contributed by atoms with Crippen molar-refractivity contribution in [3.8, 4) is 0 Å². The summed E-state index contributed by atoms with van der Waals surface area (Å²) < 4.78 is 5.80. The van der Waals surface area contributed by atoms with E-state index in [4.69, 9.17) is 4.42 Å². The lowest BCUT2D eigenvalue weighted by atomic mass is 10.3. The Kier molecular flexibility index (Phi) is 4.34. The molecule has 6 heteroatoms. The zero-order valence-electron chi connectivity index (χ0n) is 11.7. The van der Waals surface area contributed by atoms with Gasteiger partial charge in [0.25, 0.3) is 0 Å². The average Bonchev–Trinajstić information content (AvgIpc) is 3.12. The Morgan fingerprint density at radius 1 is 1.25 bits per heavy atom. The molecule has 3 rings (SSSR count). The highest BCUT2D eigenvalue weighted by atomic mass is 32.1. The molecule has 20 heavy (non-hydrogen) atoms. The number of thiazole rings is 1. The molecule has 0 unspecified atom stereocenters. The van der Waals surface area contributed by atoms with Crippen LogP contribution in [-0.2, 0) is 13.1 Å². The van der Waals surface area contributed by atoms with Crippen LogP contribution in [0.1, 0.15) is 11.5 Å². The number of furan rings is 1. The van der Waals surface area contributed by atoms with Crippen molar-refractivity contribution in [1.82, 2.24) is 15.2 Å². The second-order valence-electron chi connectivity index (χ2n) is 4.98. The van der Waals surface area contributed by atoms with Crippen LogP contribution in [0.3, 0.4) is 0 Å². The molecule has 1 saturated heterocycles. The van der Waals surface area contributed by atoms with Gasteiger partial charge in [-0.15, -0.1) is 11.3 Å². The van der Waals surface area contributed by atoms with Gasteiger partial charge >= 0.3 is 0 Å². The van der Waals surface area contributed by atoms with Gasteiger partial charge in [-0.3, -0.25) is 4.90 Å². The van der Waals surface area contributed by atoms with Crippen LogP contribution >= 0.6 is 11.3 Å². The van der Waals surface area contributed by atoms with E-state index in [2.05, 4.69) is 32.2 Å². The van der Waals surface area contributed by atoms with Gasteiger partial charge in [0.1, 0.15) is 11.5 Å². The minimum absolute atomic E-state index is 0.790. The molecule has 0 atom stereocenters. The van der Waals surface area contributed by atoms with Crippen molar-refractivity contribution in [3.63, 3.8) is 0 Å². The molecule has 2 aromatic heterocycles. The minimum atomic E-state index is 0.790. The highest BCUT2D eigenvalue weighted by Crippen LogP contribution is 2.20. The fourth-order valence-corrected chi connectivity index (χ4v) is 3.16. The van der Waals surface area contributed by atoms with E-state index in [1.807, 2.05) is 18.6 Å². The van der Waals surface area contributed by atoms with Crippen LogP contribution in [0.25, 0.3) is 0 Å². The van der Waals surface area contributed by atoms with Crippen molar-refractivity contribution in [2.24, 2.45) is 0 Å². The van der Waals surface area contributed by atoms with Crippen LogP contribution < -0.4 is 10.2 Å². The summed E-state index contributed by atoms with van der Waals surface area (Å²) in [4.78, 5) is 9.17. The second-order valence-corrected chi connectivity index (χ2v) is 5.85. The molecule has 0 bridgehead atoms. The van der Waals surface area contributed by atoms with Gasteiger partial charge in [-0.25, -0.2) is 4.98 Å². The number of hydrogen-bond donors (Lipinski definition) is 1. The smallest absolute Gasteiger partial charge is 0.185 e. The average molecular weight is 292 g/mol. The molecule has 0 radical (unpaired) electrons. The molecule has 2 aromatic rings. The number of hydrogen-bond acceptors (Lipinski definition) is 6. The second kappa shape index (κ2) is 6.39. The van der Waals surface area contributed by atoms with E-state index in [9.17, 15) is 0 Å². The Balaban J connectivity index is 1.50. The molecule has 0 aliphatic carbocycles. The number of nitrogens with one attached hydrogen (secondary N) is 1. The molecule has 1 aliphatic rings. The highest BCUT2D eigenvalue weighted by molar-refractivity contribution is 7.13. The lowest BCUT2D eigenvalue weighted by Crippen LogP contribution is -2.45. The van der Waals surface area contributed by atoms with Gasteiger partial charge in [-0.1, -0.05) is 0 Å². The van der Waals surface area contributed by atoms with Crippen molar-refractivity contribution < 1.29 is 4.42 Å². The largest absolute Gasteiger partial charge is 0.463 e. The van der Waals surface area contributed by atoms with Crippen molar-refractivity contribution >= 4 is 16.5 Å². The number of piperazine rings is 1. The first-order valence-electron chi connectivity index (χ1n) is 6.94. The summed E-state index contributed by atoms with van der Waals surface area (Å²) in [6.45, 7) is 5.88. The summed E-state index contributed by atoms with van der Waals surface area (Å²) in [6, 6.07) is 4.14. The van der Waals surface area contributed by atoms with Gasteiger partial charge in [0.05, 0.1) is 13.1 Å². The first-order valence-corrected chi connectivity index (χ1v) is 7.82. The van der Waals surface area contributed by atoms with Crippen molar-refractivity contribution in [2.45, 2.75) is 13.1 Å². The van der Waals surface area contributed by atoms with Crippen LogP contribution in [0, 0.1) is 0 Å². The van der Waals surface area contributed by atoms with Gasteiger partial charge in [0.2, 0.25) is 0 Å². The third kappa shape index (κ3) is 3.20. The van der Waals surface area contributed by atoms with Crippen LogP contribution in [-0.4, -0.2) is 43.1 Å². The predicted octanol–water partition coefficient (Wildman–Crippen LogP) is 1.78. The summed E-state index contributed by atoms with van der Waals surface area (Å²) in [5, 5.41) is 6.28. The Labute approximate surface area is 123 Å². The fraction of sp³-hybridized carbons (Fsp3) is 0.500. The van der Waals surface area contributed by atoms with Crippen LogP contribution in [0.15, 0.2) is 28.1 Å². The predicted molar refractivity (Wildman–Crippen MR) is 81.1 cm³/mol. The Morgan fingerprint density at radius 2 is 2.05 bits per heavy atom. The van der Waals surface area contributed by atoms with Gasteiger partial charge in [-0.05, 0) is 19.2 Å². The maximum absolute atomic E-state index is 5.80. The van der Waals surface area contributed by atoms with E-state index < -0.39 is 0 Å². The molecular formula is C14H20N4OS. The molecule has 1 N–H and O–H groups in total. The molecular weight excluding hydrogens is 272 g/mol. The first-order chi connectivity index (χ1) is 9.85. The quantitative estimate of drug-likeness (QED) is 0.910.